The summed E-state index contributed by atoms with van der Waals surface area (Å²) in [6.07, 6.45) is -0.439. The van der Waals surface area contributed by atoms with Crippen molar-refractivity contribution >= 4 is 37.2 Å². The van der Waals surface area contributed by atoms with Gasteiger partial charge in [-0.1, -0.05) is 58.0 Å². The van der Waals surface area contributed by atoms with Crippen LogP contribution in [0.3, 0.4) is 0 Å². The Labute approximate surface area is 270 Å². The van der Waals surface area contributed by atoms with Crippen LogP contribution in [0.1, 0.15) is 73.3 Å². The first kappa shape index (κ1) is 39.0. The molecule has 0 unspecified atom stereocenters. The van der Waals surface area contributed by atoms with Gasteiger partial charge in [0.05, 0.1) is 18.8 Å². The number of Topliss-reactive ketones (excluding diaryl/α,β-unsaturated/α-hetero) is 1. The van der Waals surface area contributed by atoms with Crippen LogP contribution in [0.5, 0.6) is 0 Å². The van der Waals surface area contributed by atoms with E-state index in [0.29, 0.717) is 6.42 Å². The summed E-state index contributed by atoms with van der Waals surface area (Å²) in [5, 5.41) is 10.4. The number of rotatable bonds is 19. The van der Waals surface area contributed by atoms with Crippen molar-refractivity contribution < 1.29 is 47.6 Å². The van der Waals surface area contributed by atoms with E-state index in [0.717, 1.165) is 5.56 Å². The number of nitrogens with one attached hydrogen (secondary N) is 4. The first-order chi connectivity index (χ1) is 21.3. The Morgan fingerprint density at radius 3 is 1.87 bits per heavy atom. The maximum absolute atomic E-state index is 13.7. The fourth-order valence-electron chi connectivity index (χ4n) is 4.96. The molecule has 1 aromatic rings. The number of ether oxygens (including phenoxy) is 1. The fourth-order valence-corrected chi connectivity index (χ4v) is 5.51. The molecule has 4 amide bonds. The lowest BCUT2D eigenvalue weighted by molar-refractivity contribution is -0.136. The molecule has 0 aliphatic carbocycles. The van der Waals surface area contributed by atoms with E-state index in [-0.39, 0.29) is 43.5 Å². The highest BCUT2D eigenvalue weighted by molar-refractivity contribution is 7.46. The van der Waals surface area contributed by atoms with Gasteiger partial charge in [0.15, 0.2) is 5.78 Å². The molecule has 1 aliphatic heterocycles. The van der Waals surface area contributed by atoms with Crippen molar-refractivity contribution in [3.8, 4) is 0 Å². The lowest BCUT2D eigenvalue weighted by Crippen LogP contribution is -2.61. The standard InChI is InChI=1S/C31H49N4O10P/c1-18(2)15-24(27(37)31(7)17-44-31)33-30(40)26(20(5)45-46(41,42)43)35-29(39)25(16-19(3)4)34-28(38)23(32-21(6)36)14-13-22-11-9-8-10-12-22/h8-12,18-20,23-26H,13-17H2,1-7H3,(H,32,36)(H,33,40)(H,34,38)(H,35,39)(H2,41,42,43)/t20-,23+,24+,25+,26+,31-/m1/s1. The average molecular weight is 669 g/mol. The Morgan fingerprint density at radius 1 is 0.848 bits per heavy atom. The van der Waals surface area contributed by atoms with Crippen molar-refractivity contribution in [2.24, 2.45) is 11.8 Å². The molecule has 0 aromatic heterocycles. The van der Waals surface area contributed by atoms with Crippen LogP contribution < -0.4 is 21.3 Å². The van der Waals surface area contributed by atoms with E-state index in [1.165, 1.54) is 13.8 Å². The highest BCUT2D eigenvalue weighted by atomic mass is 31.2. The van der Waals surface area contributed by atoms with Gasteiger partial charge >= 0.3 is 7.82 Å². The smallest absolute Gasteiger partial charge is 0.361 e. The van der Waals surface area contributed by atoms with Gasteiger partial charge in [-0.15, -0.1) is 0 Å². The SMILES string of the molecule is CC(=O)N[C@@H](CCc1ccccc1)C(=O)N[C@@H](CC(C)C)C(=O)N[C@H](C(=O)N[C@@H](CC(C)C)C(=O)[C@@]1(C)CO1)[C@@H](C)OP(=O)(O)O. The molecule has 1 saturated heterocycles. The van der Waals surface area contributed by atoms with Crippen molar-refractivity contribution in [1.29, 1.82) is 0 Å². The molecule has 15 heteroatoms. The number of hydrogen-bond donors (Lipinski definition) is 6. The molecular formula is C31H49N4O10P. The lowest BCUT2D eigenvalue weighted by Gasteiger charge is -2.30. The summed E-state index contributed by atoms with van der Waals surface area (Å²) >= 11 is 0. The van der Waals surface area contributed by atoms with Crippen LogP contribution in [-0.4, -0.2) is 81.7 Å². The van der Waals surface area contributed by atoms with E-state index in [2.05, 4.69) is 21.3 Å². The Bertz CT molecular complexity index is 1270. The second-order valence-corrected chi connectivity index (χ2v) is 14.0. The third-order valence-corrected chi connectivity index (χ3v) is 8.00. The number of phosphoric ester groups is 1. The van der Waals surface area contributed by atoms with Crippen molar-refractivity contribution in [3.63, 3.8) is 0 Å². The fraction of sp³-hybridized carbons (Fsp3) is 0.645. The van der Waals surface area contributed by atoms with Crippen LogP contribution >= 0.6 is 7.82 Å². The topological polar surface area (TPSA) is 213 Å². The van der Waals surface area contributed by atoms with Crippen molar-refractivity contribution in [1.82, 2.24) is 21.3 Å². The summed E-state index contributed by atoms with van der Waals surface area (Å²) in [7, 11) is -5.11. The molecule has 1 fully saturated rings. The van der Waals surface area contributed by atoms with E-state index in [1.807, 2.05) is 58.0 Å². The molecule has 0 saturated carbocycles. The van der Waals surface area contributed by atoms with E-state index < -0.39 is 67.3 Å². The first-order valence-corrected chi connectivity index (χ1v) is 17.0. The minimum atomic E-state index is -5.11. The summed E-state index contributed by atoms with van der Waals surface area (Å²) in [6.45, 7) is 11.6. The zero-order chi connectivity index (χ0) is 34.8. The zero-order valence-electron chi connectivity index (χ0n) is 27.6. The summed E-state index contributed by atoms with van der Waals surface area (Å²) in [4.78, 5) is 84.6. The molecule has 0 radical (unpaired) electrons. The average Bonchev–Trinajstić information content (AvgIpc) is 3.69. The summed E-state index contributed by atoms with van der Waals surface area (Å²) in [5.41, 5.74) is -0.108. The number of ketones is 1. The number of benzene rings is 1. The first-order valence-electron chi connectivity index (χ1n) is 15.5. The molecule has 14 nitrogen and oxygen atoms in total. The van der Waals surface area contributed by atoms with E-state index in [1.54, 1.807) is 6.92 Å². The van der Waals surface area contributed by atoms with Crippen molar-refractivity contribution in [2.75, 3.05) is 6.61 Å². The molecule has 0 spiro atoms. The largest absolute Gasteiger partial charge is 0.469 e. The van der Waals surface area contributed by atoms with Gasteiger partial charge in [0.25, 0.3) is 0 Å². The normalized spacial score (nSPS) is 19.4. The van der Waals surface area contributed by atoms with Crippen LogP contribution in [0.25, 0.3) is 0 Å². The van der Waals surface area contributed by atoms with Crippen LogP contribution in [0.4, 0.5) is 0 Å². The van der Waals surface area contributed by atoms with Crippen LogP contribution in [0.2, 0.25) is 0 Å². The Kier molecular flexibility index (Phi) is 14.5. The van der Waals surface area contributed by atoms with Gasteiger partial charge in [0.1, 0.15) is 23.7 Å². The predicted octanol–water partition coefficient (Wildman–Crippen LogP) is 1.53. The van der Waals surface area contributed by atoms with Crippen molar-refractivity contribution in [2.45, 2.75) is 110 Å². The molecule has 6 N–H and O–H groups in total. The molecule has 6 atom stereocenters. The number of epoxide rings is 1. The molecular weight excluding hydrogens is 619 g/mol. The van der Waals surface area contributed by atoms with Gasteiger partial charge in [-0.25, -0.2) is 4.57 Å². The monoisotopic (exact) mass is 668 g/mol. The Balaban J connectivity index is 2.30. The van der Waals surface area contributed by atoms with Gasteiger partial charge in [0, 0.05) is 6.92 Å². The van der Waals surface area contributed by atoms with Crippen LogP contribution in [-0.2, 0) is 44.2 Å². The molecule has 1 aliphatic rings. The Morgan fingerprint density at radius 2 is 1.37 bits per heavy atom. The number of carbonyl (C=O) groups is 5. The second kappa shape index (κ2) is 17.1. The van der Waals surface area contributed by atoms with Crippen LogP contribution in [0.15, 0.2) is 30.3 Å². The van der Waals surface area contributed by atoms with Gasteiger partial charge in [-0.05, 0) is 56.9 Å². The molecule has 258 valence electrons. The zero-order valence-corrected chi connectivity index (χ0v) is 28.5. The molecule has 0 bridgehead atoms. The van der Waals surface area contributed by atoms with Gasteiger partial charge < -0.3 is 35.8 Å². The second-order valence-electron chi connectivity index (χ2n) is 12.8. The summed E-state index contributed by atoms with van der Waals surface area (Å²) in [6, 6.07) is 4.53. The van der Waals surface area contributed by atoms with E-state index >= 15 is 0 Å². The number of amides is 4. The van der Waals surface area contributed by atoms with Gasteiger partial charge in [-0.3, -0.25) is 28.5 Å². The van der Waals surface area contributed by atoms with Crippen molar-refractivity contribution in [3.05, 3.63) is 35.9 Å². The summed E-state index contributed by atoms with van der Waals surface area (Å²) < 4.78 is 21.7. The third kappa shape index (κ3) is 13.3. The van der Waals surface area contributed by atoms with E-state index in [4.69, 9.17) is 9.26 Å². The quantitative estimate of drug-likeness (QED) is 0.0924. The number of phosphoric acid groups is 1. The highest BCUT2D eigenvalue weighted by Gasteiger charge is 2.50. The minimum Gasteiger partial charge on any atom is -0.361 e. The number of aryl methyl sites for hydroxylation is 1. The summed E-state index contributed by atoms with van der Waals surface area (Å²) in [5.74, 6) is -3.28. The van der Waals surface area contributed by atoms with Gasteiger partial charge in [0.2, 0.25) is 23.6 Å². The highest BCUT2D eigenvalue weighted by Crippen LogP contribution is 2.38. The number of carbonyl (C=O) groups excluding carboxylic acids is 5. The molecule has 46 heavy (non-hydrogen) atoms. The predicted molar refractivity (Wildman–Crippen MR) is 169 cm³/mol. The minimum absolute atomic E-state index is 0.0162. The molecule has 2 rings (SSSR count). The third-order valence-electron chi connectivity index (χ3n) is 7.39. The van der Waals surface area contributed by atoms with E-state index in [9.17, 15) is 38.3 Å². The van der Waals surface area contributed by atoms with Crippen LogP contribution in [0, 0.1) is 11.8 Å². The maximum Gasteiger partial charge on any atom is 0.469 e. The van der Waals surface area contributed by atoms with Gasteiger partial charge in [-0.2, -0.15) is 0 Å². The number of hydrogen-bond acceptors (Lipinski definition) is 8. The molecule has 1 aromatic carbocycles. The molecule has 1 heterocycles. The Hall–Kier alpha value is -3.16. The lowest BCUT2D eigenvalue weighted by atomic mass is 9.93. The maximum atomic E-state index is 13.7.